The molecule has 0 aromatic heterocycles. The van der Waals surface area contributed by atoms with Gasteiger partial charge in [-0.05, 0) is 53.1 Å². The van der Waals surface area contributed by atoms with Crippen molar-refractivity contribution < 1.29 is 19.4 Å². The predicted octanol–water partition coefficient (Wildman–Crippen LogP) is 4.60. The van der Waals surface area contributed by atoms with Crippen LogP contribution in [0.4, 0.5) is 5.69 Å². The number of esters is 1. The minimum atomic E-state index is -0.853. The van der Waals surface area contributed by atoms with E-state index in [-0.39, 0.29) is 11.8 Å². The molecule has 0 amide bonds. The Balaban J connectivity index is 1.43. The van der Waals surface area contributed by atoms with Gasteiger partial charge in [-0.25, -0.2) is 9.59 Å². The molecule has 3 atom stereocenters. The van der Waals surface area contributed by atoms with Crippen molar-refractivity contribution in [3.05, 3.63) is 83.9 Å². The summed E-state index contributed by atoms with van der Waals surface area (Å²) in [5.74, 6) is -0.849. The zero-order valence-electron chi connectivity index (χ0n) is 15.5. The van der Waals surface area contributed by atoms with Crippen LogP contribution in [0.2, 0.25) is 0 Å². The quantitative estimate of drug-likeness (QED) is 0.392. The molecule has 1 aliphatic heterocycles. The number of anilines is 1. The van der Waals surface area contributed by atoms with E-state index in [1.807, 2.05) is 54.6 Å². The molecule has 2 N–H and O–H groups in total. The van der Waals surface area contributed by atoms with Crippen LogP contribution in [0.15, 0.2) is 72.8 Å². The maximum Gasteiger partial charge on any atom is 0.343 e. The van der Waals surface area contributed by atoms with Gasteiger partial charge in [0.25, 0.3) is 0 Å². The van der Waals surface area contributed by atoms with E-state index < -0.39 is 18.0 Å². The van der Waals surface area contributed by atoms with Crippen molar-refractivity contribution in [2.45, 2.75) is 18.4 Å². The summed E-state index contributed by atoms with van der Waals surface area (Å²) in [7, 11) is 0. The molecule has 1 heterocycles. The number of carboxylic acids is 1. The van der Waals surface area contributed by atoms with E-state index in [9.17, 15) is 14.7 Å². The first kappa shape index (κ1) is 17.5. The van der Waals surface area contributed by atoms with E-state index in [2.05, 4.69) is 5.32 Å². The lowest BCUT2D eigenvalue weighted by Crippen LogP contribution is -2.41. The van der Waals surface area contributed by atoms with Crippen LogP contribution in [0.1, 0.15) is 28.3 Å². The molecule has 0 unspecified atom stereocenters. The monoisotopic (exact) mass is 385 g/mol. The Labute approximate surface area is 167 Å². The number of carbonyl (C=O) groups excluding carboxylic acids is 1. The number of carboxylic acid groups (broad SMARTS) is 1. The second-order valence-electron chi connectivity index (χ2n) is 7.51. The maximum atomic E-state index is 12.7. The number of benzene rings is 3. The lowest BCUT2D eigenvalue weighted by Gasteiger charge is -2.34. The first-order valence-corrected chi connectivity index (χ1v) is 9.61. The normalized spacial score (nSPS) is 21.9. The molecule has 0 radical (unpaired) electrons. The van der Waals surface area contributed by atoms with Crippen LogP contribution in [-0.2, 0) is 4.79 Å². The summed E-state index contributed by atoms with van der Waals surface area (Å²) in [6, 6.07) is 18.1. The van der Waals surface area contributed by atoms with Gasteiger partial charge in [0.15, 0.2) is 0 Å². The van der Waals surface area contributed by atoms with Gasteiger partial charge in [0.05, 0.1) is 5.56 Å². The molecule has 3 aromatic rings. The van der Waals surface area contributed by atoms with Crippen LogP contribution in [0, 0.1) is 5.92 Å². The second-order valence-corrected chi connectivity index (χ2v) is 7.51. The van der Waals surface area contributed by atoms with Crippen LogP contribution >= 0.6 is 0 Å². The molecule has 5 nitrogen and oxygen atoms in total. The van der Waals surface area contributed by atoms with E-state index in [4.69, 9.17) is 4.74 Å². The molecule has 0 bridgehead atoms. The maximum absolute atomic E-state index is 12.7. The number of nitrogens with one attached hydrogen (secondary N) is 1. The highest BCUT2D eigenvalue weighted by atomic mass is 16.5. The summed E-state index contributed by atoms with van der Waals surface area (Å²) < 4.78 is 5.60. The van der Waals surface area contributed by atoms with Gasteiger partial charge in [-0.3, -0.25) is 0 Å². The van der Waals surface area contributed by atoms with Gasteiger partial charge < -0.3 is 15.2 Å². The molecule has 0 fully saturated rings. The standard InChI is InChI=1S/C24H19NO4/c26-23(27)22-19-7-3-6-18(19)20-13-16(9-11-21(20)25-22)24(28)29-17-10-8-14-4-1-2-5-15(14)12-17/h1-6,8-13,18-19,22,25H,7H2,(H,26,27)/t18-,19+,22-/m1/s1. The largest absolute Gasteiger partial charge is 0.480 e. The fraction of sp³-hybridized carbons (Fsp3) is 0.167. The topological polar surface area (TPSA) is 75.6 Å². The first-order valence-electron chi connectivity index (χ1n) is 9.61. The van der Waals surface area contributed by atoms with E-state index >= 15 is 0 Å². The molecule has 0 spiro atoms. The van der Waals surface area contributed by atoms with Crippen molar-refractivity contribution in [1.82, 2.24) is 0 Å². The molecular weight excluding hydrogens is 366 g/mol. The summed E-state index contributed by atoms with van der Waals surface area (Å²) >= 11 is 0. The lowest BCUT2D eigenvalue weighted by molar-refractivity contribution is -0.139. The highest BCUT2D eigenvalue weighted by Crippen LogP contribution is 2.44. The minimum Gasteiger partial charge on any atom is -0.480 e. The molecule has 5 heteroatoms. The molecule has 1 aliphatic carbocycles. The molecule has 0 saturated carbocycles. The third-order valence-corrected chi connectivity index (χ3v) is 5.80. The van der Waals surface area contributed by atoms with Crippen LogP contribution in [0.25, 0.3) is 10.8 Å². The SMILES string of the molecule is O=C(Oc1ccc2ccccc2c1)c1ccc2c(c1)[C@@H]1C=CC[C@@H]1[C@H](C(=O)O)N2. The van der Waals surface area contributed by atoms with Crippen molar-refractivity contribution in [2.24, 2.45) is 5.92 Å². The highest BCUT2D eigenvalue weighted by Gasteiger charge is 2.40. The molecular formula is C24H19NO4. The molecule has 0 saturated heterocycles. The van der Waals surface area contributed by atoms with Gasteiger partial charge >= 0.3 is 11.9 Å². The number of hydrogen-bond acceptors (Lipinski definition) is 4. The Morgan fingerprint density at radius 3 is 2.66 bits per heavy atom. The van der Waals surface area contributed by atoms with Crippen molar-refractivity contribution in [2.75, 3.05) is 5.32 Å². The van der Waals surface area contributed by atoms with Crippen molar-refractivity contribution >= 4 is 28.4 Å². The summed E-state index contributed by atoms with van der Waals surface area (Å²) in [4.78, 5) is 24.4. The Kier molecular flexibility index (Phi) is 4.09. The summed E-state index contributed by atoms with van der Waals surface area (Å²) in [6.45, 7) is 0. The van der Waals surface area contributed by atoms with Crippen LogP contribution < -0.4 is 10.1 Å². The molecule has 29 heavy (non-hydrogen) atoms. The van der Waals surface area contributed by atoms with Gasteiger partial charge in [-0.15, -0.1) is 0 Å². The van der Waals surface area contributed by atoms with Gasteiger partial charge in [-0.1, -0.05) is 42.5 Å². The average molecular weight is 385 g/mol. The van der Waals surface area contributed by atoms with Crippen LogP contribution in [0.3, 0.4) is 0 Å². The first-order chi connectivity index (χ1) is 14.1. The third kappa shape index (κ3) is 3.05. The lowest BCUT2D eigenvalue weighted by atomic mass is 9.79. The van der Waals surface area contributed by atoms with Crippen molar-refractivity contribution in [3.8, 4) is 5.75 Å². The number of rotatable bonds is 3. The zero-order chi connectivity index (χ0) is 20.0. The van der Waals surface area contributed by atoms with E-state index in [1.54, 1.807) is 18.2 Å². The number of fused-ring (bicyclic) bond motifs is 4. The molecule has 3 aromatic carbocycles. The molecule has 2 aliphatic rings. The minimum absolute atomic E-state index is 0.0132. The van der Waals surface area contributed by atoms with E-state index in [1.165, 1.54) is 0 Å². The van der Waals surface area contributed by atoms with Gasteiger partial charge in [0, 0.05) is 17.5 Å². The fourth-order valence-electron chi connectivity index (χ4n) is 4.36. The summed E-state index contributed by atoms with van der Waals surface area (Å²) in [5, 5.41) is 14.7. The zero-order valence-corrected chi connectivity index (χ0v) is 15.5. The van der Waals surface area contributed by atoms with E-state index in [0.717, 1.165) is 22.0 Å². The molecule has 5 rings (SSSR count). The number of hydrogen-bond donors (Lipinski definition) is 2. The summed E-state index contributed by atoms with van der Waals surface area (Å²) in [6.07, 6.45) is 4.76. The second kappa shape index (κ2) is 6.78. The Hall–Kier alpha value is -3.60. The van der Waals surface area contributed by atoms with Crippen molar-refractivity contribution in [1.29, 1.82) is 0 Å². The third-order valence-electron chi connectivity index (χ3n) is 5.80. The Morgan fingerprint density at radius 1 is 1.00 bits per heavy atom. The van der Waals surface area contributed by atoms with Gasteiger partial charge in [-0.2, -0.15) is 0 Å². The summed E-state index contributed by atoms with van der Waals surface area (Å²) in [5.41, 5.74) is 2.15. The predicted molar refractivity (Wildman–Crippen MR) is 110 cm³/mol. The smallest absolute Gasteiger partial charge is 0.343 e. The fourth-order valence-corrected chi connectivity index (χ4v) is 4.36. The Morgan fingerprint density at radius 2 is 1.83 bits per heavy atom. The van der Waals surface area contributed by atoms with Crippen LogP contribution in [-0.4, -0.2) is 23.1 Å². The average Bonchev–Trinajstić information content (AvgIpc) is 3.22. The Bertz CT molecular complexity index is 1170. The van der Waals surface area contributed by atoms with Crippen molar-refractivity contribution in [3.63, 3.8) is 0 Å². The van der Waals surface area contributed by atoms with Crippen LogP contribution in [0.5, 0.6) is 5.75 Å². The van der Waals surface area contributed by atoms with Gasteiger partial charge in [0.2, 0.25) is 0 Å². The highest BCUT2D eigenvalue weighted by molar-refractivity contribution is 5.93. The molecule has 144 valence electrons. The number of ether oxygens (including phenoxy) is 1. The van der Waals surface area contributed by atoms with E-state index in [0.29, 0.717) is 17.7 Å². The number of allylic oxidation sites excluding steroid dienone is 2. The number of carbonyl (C=O) groups is 2. The van der Waals surface area contributed by atoms with Gasteiger partial charge in [0.1, 0.15) is 11.8 Å². The number of aliphatic carboxylic acids is 1.